The van der Waals surface area contributed by atoms with Crippen LogP contribution in [-0.4, -0.2) is 20.3 Å². The molecule has 2 aromatic rings. The molecule has 21 heavy (non-hydrogen) atoms. The van der Waals surface area contributed by atoms with Gasteiger partial charge in [-0.1, -0.05) is 30.3 Å². The smallest absolute Gasteiger partial charge is 0.194 e. The molecule has 0 spiro atoms. The third-order valence-corrected chi connectivity index (χ3v) is 4.56. The average molecular weight is 299 g/mol. The van der Waals surface area contributed by atoms with Crippen LogP contribution in [0.15, 0.2) is 42.5 Å². The van der Waals surface area contributed by atoms with E-state index in [4.69, 9.17) is 0 Å². The highest BCUT2D eigenvalue weighted by Gasteiger charge is 2.29. The predicted octanol–water partition coefficient (Wildman–Crippen LogP) is 2.40. The summed E-state index contributed by atoms with van der Waals surface area (Å²) in [5.41, 5.74) is 1.86. The van der Waals surface area contributed by atoms with Crippen LogP contribution in [0.25, 0.3) is 0 Å². The molecule has 0 amide bonds. The van der Waals surface area contributed by atoms with Crippen molar-refractivity contribution >= 4 is 22.6 Å². The van der Waals surface area contributed by atoms with E-state index in [0.717, 1.165) is 0 Å². The lowest BCUT2D eigenvalue weighted by Crippen LogP contribution is -2.21. The number of fused-ring (bicyclic) bond motifs is 2. The number of ketones is 2. The van der Waals surface area contributed by atoms with Gasteiger partial charge in [0, 0.05) is 27.5 Å². The summed E-state index contributed by atoms with van der Waals surface area (Å²) in [7, 11) is 0. The molecule has 0 radical (unpaired) electrons. The molecule has 2 atom stereocenters. The highest BCUT2D eigenvalue weighted by atomic mass is 32.2. The zero-order chi connectivity index (χ0) is 15.1. The van der Waals surface area contributed by atoms with Crippen LogP contribution in [0, 0.1) is 0 Å². The number of hydrogen-bond donors (Lipinski definition) is 0. The summed E-state index contributed by atoms with van der Waals surface area (Å²) < 4.78 is 22.1. The zero-order valence-electron chi connectivity index (χ0n) is 11.2. The minimum Gasteiger partial charge on any atom is -0.772 e. The summed E-state index contributed by atoms with van der Waals surface area (Å²) in [5, 5.41) is -0.727. The first kappa shape index (κ1) is 13.9. The summed E-state index contributed by atoms with van der Waals surface area (Å²) in [5.74, 6) is -0.450. The molecule has 2 unspecified atom stereocenters. The fourth-order valence-corrected chi connectivity index (χ4v) is 2.85. The monoisotopic (exact) mass is 299 g/mol. The second kappa shape index (κ2) is 5.02. The first-order valence-electron chi connectivity index (χ1n) is 6.41. The van der Waals surface area contributed by atoms with Gasteiger partial charge in [0.25, 0.3) is 0 Å². The molecule has 1 aliphatic carbocycles. The van der Waals surface area contributed by atoms with Crippen molar-refractivity contribution in [2.75, 3.05) is 0 Å². The zero-order valence-corrected chi connectivity index (χ0v) is 12.0. The van der Waals surface area contributed by atoms with E-state index >= 15 is 0 Å². The van der Waals surface area contributed by atoms with Gasteiger partial charge in [0.1, 0.15) is 0 Å². The fourth-order valence-electron chi connectivity index (χ4n) is 2.48. The molecule has 5 heteroatoms. The van der Waals surface area contributed by atoms with Gasteiger partial charge < -0.3 is 4.55 Å². The number of hydrogen-bond acceptors (Lipinski definition) is 4. The van der Waals surface area contributed by atoms with Gasteiger partial charge in [-0.3, -0.25) is 13.8 Å². The Kier molecular flexibility index (Phi) is 3.31. The van der Waals surface area contributed by atoms with Crippen molar-refractivity contribution in [3.05, 3.63) is 70.3 Å². The minimum atomic E-state index is -2.27. The molecule has 0 saturated heterocycles. The summed E-state index contributed by atoms with van der Waals surface area (Å²) in [6.07, 6.45) is 0. The van der Waals surface area contributed by atoms with Gasteiger partial charge in [0.2, 0.25) is 0 Å². The Labute approximate surface area is 124 Å². The van der Waals surface area contributed by atoms with E-state index < -0.39 is 16.3 Å². The van der Waals surface area contributed by atoms with Crippen molar-refractivity contribution in [2.45, 2.75) is 12.2 Å². The van der Waals surface area contributed by atoms with E-state index in [0.29, 0.717) is 22.3 Å². The Hall–Kier alpha value is -2.11. The van der Waals surface area contributed by atoms with Crippen molar-refractivity contribution in [1.82, 2.24) is 0 Å². The highest BCUT2D eigenvalue weighted by Crippen LogP contribution is 2.30. The Bertz CT molecular complexity index is 795. The van der Waals surface area contributed by atoms with E-state index in [9.17, 15) is 18.4 Å². The van der Waals surface area contributed by atoms with E-state index in [1.54, 1.807) is 30.3 Å². The van der Waals surface area contributed by atoms with Crippen molar-refractivity contribution in [1.29, 1.82) is 0 Å². The van der Waals surface area contributed by atoms with Crippen LogP contribution >= 0.6 is 0 Å². The Morgan fingerprint density at radius 2 is 1.43 bits per heavy atom. The van der Waals surface area contributed by atoms with Gasteiger partial charge in [-0.05, 0) is 35.7 Å². The Morgan fingerprint density at radius 1 is 0.905 bits per heavy atom. The SMILES string of the molecule is CC(c1ccc2c(c1)C(=O)c1ccccc1C2=O)S(=O)[O-]. The molecular formula is C16H11O4S-. The van der Waals surface area contributed by atoms with Crippen LogP contribution < -0.4 is 0 Å². The van der Waals surface area contributed by atoms with Gasteiger partial charge in [-0.15, -0.1) is 0 Å². The lowest BCUT2D eigenvalue weighted by Gasteiger charge is -2.20. The quantitative estimate of drug-likeness (QED) is 0.681. The van der Waals surface area contributed by atoms with Gasteiger partial charge in [0.05, 0.1) is 0 Å². The summed E-state index contributed by atoms with van der Waals surface area (Å²) >= 11 is -2.27. The summed E-state index contributed by atoms with van der Waals surface area (Å²) in [6.45, 7) is 1.54. The largest absolute Gasteiger partial charge is 0.772 e. The normalized spacial score (nSPS) is 16.1. The molecule has 106 valence electrons. The van der Waals surface area contributed by atoms with E-state index in [-0.39, 0.29) is 17.1 Å². The average Bonchev–Trinajstić information content (AvgIpc) is 2.51. The second-order valence-electron chi connectivity index (χ2n) is 4.91. The molecule has 0 aromatic heterocycles. The third kappa shape index (κ3) is 2.14. The van der Waals surface area contributed by atoms with E-state index in [1.807, 2.05) is 0 Å². The van der Waals surface area contributed by atoms with Crippen molar-refractivity contribution in [3.8, 4) is 0 Å². The van der Waals surface area contributed by atoms with Crippen molar-refractivity contribution in [2.24, 2.45) is 0 Å². The third-order valence-electron chi connectivity index (χ3n) is 3.71. The lowest BCUT2D eigenvalue weighted by atomic mass is 9.83. The summed E-state index contributed by atoms with van der Waals surface area (Å²) in [6, 6.07) is 11.3. The number of carbonyl (C=O) groups is 2. The maximum atomic E-state index is 12.5. The van der Waals surface area contributed by atoms with Gasteiger partial charge in [-0.25, -0.2) is 0 Å². The maximum absolute atomic E-state index is 12.5. The number of rotatable bonds is 2. The molecule has 4 nitrogen and oxygen atoms in total. The van der Waals surface area contributed by atoms with E-state index in [2.05, 4.69) is 0 Å². The molecule has 1 aliphatic rings. The topological polar surface area (TPSA) is 74.3 Å². The van der Waals surface area contributed by atoms with Crippen molar-refractivity contribution < 1.29 is 18.4 Å². The first-order valence-corrected chi connectivity index (χ1v) is 7.55. The van der Waals surface area contributed by atoms with Crippen LogP contribution in [0.1, 0.15) is 49.6 Å². The molecule has 3 rings (SSSR count). The minimum absolute atomic E-state index is 0.206. The van der Waals surface area contributed by atoms with Crippen LogP contribution in [-0.2, 0) is 11.1 Å². The van der Waals surface area contributed by atoms with Gasteiger partial charge in [-0.2, -0.15) is 0 Å². The molecule has 0 N–H and O–H groups in total. The van der Waals surface area contributed by atoms with E-state index in [1.165, 1.54) is 19.1 Å². The molecule has 0 heterocycles. The molecule has 2 aromatic carbocycles. The lowest BCUT2D eigenvalue weighted by molar-refractivity contribution is 0.0979. The molecule has 0 bridgehead atoms. The van der Waals surface area contributed by atoms with Crippen LogP contribution in [0.3, 0.4) is 0 Å². The number of carbonyl (C=O) groups excluding carboxylic acids is 2. The van der Waals surface area contributed by atoms with Crippen LogP contribution in [0.2, 0.25) is 0 Å². The van der Waals surface area contributed by atoms with Crippen LogP contribution in [0.5, 0.6) is 0 Å². The summed E-state index contributed by atoms with van der Waals surface area (Å²) in [4.78, 5) is 24.9. The number of benzene rings is 2. The Balaban J connectivity index is 2.17. The highest BCUT2D eigenvalue weighted by molar-refractivity contribution is 7.79. The second-order valence-corrected chi connectivity index (χ2v) is 6.14. The van der Waals surface area contributed by atoms with Gasteiger partial charge >= 0.3 is 0 Å². The van der Waals surface area contributed by atoms with Crippen molar-refractivity contribution in [3.63, 3.8) is 0 Å². The first-order chi connectivity index (χ1) is 10.0. The maximum Gasteiger partial charge on any atom is 0.194 e. The standard InChI is InChI=1S/C16H12O4S/c1-9(21(19)20)10-6-7-13-14(8-10)16(18)12-5-3-2-4-11(12)15(13)17/h2-9H,1H3,(H,19,20)/p-1. The molecule has 0 aliphatic heterocycles. The molecule has 0 fully saturated rings. The Morgan fingerprint density at radius 3 is 2.00 bits per heavy atom. The predicted molar refractivity (Wildman–Crippen MR) is 77.1 cm³/mol. The van der Waals surface area contributed by atoms with Crippen LogP contribution in [0.4, 0.5) is 0 Å². The van der Waals surface area contributed by atoms with Gasteiger partial charge in [0.15, 0.2) is 11.6 Å². The fraction of sp³-hybridized carbons (Fsp3) is 0.125. The molecular weight excluding hydrogens is 288 g/mol. The molecule has 0 saturated carbocycles.